The standard InChI is InChI=1S/C12H18N2O4/c1-8-6-7-9(17-8)12-14-13-10(18-12)4-2-3-5-11(15)16/h8-9H,2-7H2,1H3,(H,15,16). The van der Waals surface area contributed by atoms with Crippen LogP contribution in [0.15, 0.2) is 4.42 Å². The van der Waals surface area contributed by atoms with Gasteiger partial charge in [0.2, 0.25) is 11.8 Å². The Bertz CT molecular complexity index is 405. The first-order valence-corrected chi connectivity index (χ1v) is 6.34. The predicted molar refractivity (Wildman–Crippen MR) is 62.0 cm³/mol. The fraction of sp³-hybridized carbons (Fsp3) is 0.750. The number of nitrogens with zero attached hydrogens (tertiary/aromatic N) is 2. The first-order valence-electron chi connectivity index (χ1n) is 6.34. The maximum Gasteiger partial charge on any atom is 0.303 e. The lowest BCUT2D eigenvalue weighted by molar-refractivity contribution is -0.137. The highest BCUT2D eigenvalue weighted by Gasteiger charge is 2.27. The van der Waals surface area contributed by atoms with Crippen LogP contribution in [0.1, 0.15) is 56.9 Å². The number of carboxylic acid groups (broad SMARTS) is 1. The summed E-state index contributed by atoms with van der Waals surface area (Å²) in [7, 11) is 0. The van der Waals surface area contributed by atoms with Crippen molar-refractivity contribution in [3.05, 3.63) is 11.8 Å². The van der Waals surface area contributed by atoms with Gasteiger partial charge in [0.1, 0.15) is 6.10 Å². The molecule has 0 radical (unpaired) electrons. The van der Waals surface area contributed by atoms with Crippen LogP contribution in [0, 0.1) is 0 Å². The number of aliphatic carboxylic acids is 1. The third kappa shape index (κ3) is 3.53. The molecule has 0 aliphatic carbocycles. The number of hydrogen-bond acceptors (Lipinski definition) is 5. The van der Waals surface area contributed by atoms with E-state index in [-0.39, 0.29) is 18.6 Å². The van der Waals surface area contributed by atoms with Crippen molar-refractivity contribution in [2.75, 3.05) is 0 Å². The molecule has 0 spiro atoms. The lowest BCUT2D eigenvalue weighted by Crippen LogP contribution is -2.01. The first kappa shape index (κ1) is 13.0. The van der Waals surface area contributed by atoms with Crippen molar-refractivity contribution in [3.8, 4) is 0 Å². The molecule has 1 aromatic heterocycles. The number of hydrogen-bond donors (Lipinski definition) is 1. The lowest BCUT2D eigenvalue weighted by Gasteiger charge is -2.05. The van der Waals surface area contributed by atoms with E-state index in [1.165, 1.54) is 0 Å². The third-order valence-corrected chi connectivity index (χ3v) is 3.02. The molecule has 100 valence electrons. The second-order valence-corrected chi connectivity index (χ2v) is 4.65. The zero-order chi connectivity index (χ0) is 13.0. The second kappa shape index (κ2) is 5.95. The zero-order valence-corrected chi connectivity index (χ0v) is 10.5. The van der Waals surface area contributed by atoms with Gasteiger partial charge in [0.15, 0.2) is 0 Å². The van der Waals surface area contributed by atoms with Crippen LogP contribution in [-0.4, -0.2) is 27.4 Å². The first-order chi connectivity index (χ1) is 8.65. The molecule has 1 aromatic rings. The Morgan fingerprint density at radius 3 is 2.89 bits per heavy atom. The fourth-order valence-electron chi connectivity index (χ4n) is 2.03. The van der Waals surface area contributed by atoms with Gasteiger partial charge in [0.05, 0.1) is 6.10 Å². The Balaban J connectivity index is 1.77. The Hall–Kier alpha value is -1.43. The quantitative estimate of drug-likeness (QED) is 0.782. The summed E-state index contributed by atoms with van der Waals surface area (Å²) < 4.78 is 11.2. The molecular weight excluding hydrogens is 236 g/mol. The summed E-state index contributed by atoms with van der Waals surface area (Å²) in [6, 6.07) is 0. The number of carbonyl (C=O) groups is 1. The highest BCUT2D eigenvalue weighted by Crippen LogP contribution is 2.31. The Morgan fingerprint density at radius 2 is 2.22 bits per heavy atom. The SMILES string of the molecule is CC1CCC(c2nnc(CCCCC(=O)O)o2)O1. The average molecular weight is 254 g/mol. The maximum atomic E-state index is 10.4. The molecule has 0 aromatic carbocycles. The minimum Gasteiger partial charge on any atom is -0.481 e. The van der Waals surface area contributed by atoms with E-state index in [4.69, 9.17) is 14.3 Å². The highest BCUT2D eigenvalue weighted by molar-refractivity contribution is 5.66. The van der Waals surface area contributed by atoms with Crippen molar-refractivity contribution in [3.63, 3.8) is 0 Å². The summed E-state index contributed by atoms with van der Waals surface area (Å²) in [4.78, 5) is 10.4. The van der Waals surface area contributed by atoms with E-state index in [1.807, 2.05) is 6.92 Å². The molecule has 1 aliphatic heterocycles. The smallest absolute Gasteiger partial charge is 0.303 e. The van der Waals surface area contributed by atoms with Crippen LogP contribution in [0.4, 0.5) is 0 Å². The van der Waals surface area contributed by atoms with Crippen LogP contribution < -0.4 is 0 Å². The van der Waals surface area contributed by atoms with Gasteiger partial charge in [0.25, 0.3) is 0 Å². The van der Waals surface area contributed by atoms with Gasteiger partial charge < -0.3 is 14.3 Å². The highest BCUT2D eigenvalue weighted by atomic mass is 16.5. The molecule has 1 saturated heterocycles. The number of aryl methyl sites for hydroxylation is 1. The monoisotopic (exact) mass is 254 g/mol. The van der Waals surface area contributed by atoms with E-state index >= 15 is 0 Å². The molecular formula is C12H18N2O4. The minimum absolute atomic E-state index is 0.0692. The molecule has 2 rings (SSSR count). The second-order valence-electron chi connectivity index (χ2n) is 4.65. The van der Waals surface area contributed by atoms with Crippen molar-refractivity contribution in [2.45, 2.75) is 57.7 Å². The summed E-state index contributed by atoms with van der Waals surface area (Å²) in [5, 5.41) is 16.5. The van der Waals surface area contributed by atoms with Gasteiger partial charge in [-0.3, -0.25) is 4.79 Å². The van der Waals surface area contributed by atoms with Crippen LogP contribution in [0.2, 0.25) is 0 Å². The molecule has 6 heteroatoms. The molecule has 0 saturated carbocycles. The number of rotatable bonds is 6. The van der Waals surface area contributed by atoms with E-state index in [0.717, 1.165) is 19.3 Å². The summed E-state index contributed by atoms with van der Waals surface area (Å²) in [6.07, 6.45) is 4.30. The van der Waals surface area contributed by atoms with Gasteiger partial charge in [-0.15, -0.1) is 10.2 Å². The molecule has 1 aliphatic rings. The van der Waals surface area contributed by atoms with Crippen molar-refractivity contribution < 1.29 is 19.1 Å². The van der Waals surface area contributed by atoms with Crippen LogP contribution in [-0.2, 0) is 16.0 Å². The predicted octanol–water partition coefficient (Wildman–Crippen LogP) is 2.11. The van der Waals surface area contributed by atoms with Gasteiger partial charge in [-0.2, -0.15) is 0 Å². The van der Waals surface area contributed by atoms with Gasteiger partial charge in [0, 0.05) is 12.8 Å². The van der Waals surface area contributed by atoms with Crippen LogP contribution in [0.3, 0.4) is 0 Å². The summed E-state index contributed by atoms with van der Waals surface area (Å²) in [5.74, 6) is 0.348. The van der Waals surface area contributed by atoms with Crippen molar-refractivity contribution in [1.82, 2.24) is 10.2 Å². The van der Waals surface area contributed by atoms with E-state index in [0.29, 0.717) is 24.6 Å². The molecule has 6 nitrogen and oxygen atoms in total. The van der Waals surface area contributed by atoms with Crippen molar-refractivity contribution >= 4 is 5.97 Å². The molecule has 2 heterocycles. The summed E-state index contributed by atoms with van der Waals surface area (Å²) >= 11 is 0. The van der Waals surface area contributed by atoms with Crippen LogP contribution in [0.25, 0.3) is 0 Å². The topological polar surface area (TPSA) is 85.5 Å². The summed E-state index contributed by atoms with van der Waals surface area (Å²) in [5.41, 5.74) is 0. The Labute approximate surface area is 105 Å². The van der Waals surface area contributed by atoms with Gasteiger partial charge in [-0.05, 0) is 32.6 Å². The molecule has 0 amide bonds. The fourth-order valence-corrected chi connectivity index (χ4v) is 2.03. The normalized spacial score (nSPS) is 23.4. The Kier molecular flexibility index (Phi) is 4.30. The van der Waals surface area contributed by atoms with E-state index in [1.54, 1.807) is 0 Å². The van der Waals surface area contributed by atoms with Gasteiger partial charge >= 0.3 is 5.97 Å². The third-order valence-electron chi connectivity index (χ3n) is 3.02. The maximum absolute atomic E-state index is 10.4. The molecule has 1 N–H and O–H groups in total. The molecule has 18 heavy (non-hydrogen) atoms. The van der Waals surface area contributed by atoms with E-state index in [2.05, 4.69) is 10.2 Å². The van der Waals surface area contributed by atoms with Gasteiger partial charge in [-0.1, -0.05) is 0 Å². The zero-order valence-electron chi connectivity index (χ0n) is 10.5. The van der Waals surface area contributed by atoms with Gasteiger partial charge in [-0.25, -0.2) is 0 Å². The molecule has 2 unspecified atom stereocenters. The largest absolute Gasteiger partial charge is 0.481 e. The van der Waals surface area contributed by atoms with Crippen LogP contribution >= 0.6 is 0 Å². The average Bonchev–Trinajstić information content (AvgIpc) is 2.93. The minimum atomic E-state index is -0.769. The molecule has 0 bridgehead atoms. The number of ether oxygens (including phenoxy) is 1. The summed E-state index contributed by atoms with van der Waals surface area (Å²) in [6.45, 7) is 2.03. The lowest BCUT2D eigenvalue weighted by atomic mass is 10.2. The molecule has 2 atom stereocenters. The Morgan fingerprint density at radius 1 is 1.39 bits per heavy atom. The van der Waals surface area contributed by atoms with E-state index < -0.39 is 5.97 Å². The molecule has 1 fully saturated rings. The van der Waals surface area contributed by atoms with Crippen molar-refractivity contribution in [1.29, 1.82) is 0 Å². The van der Waals surface area contributed by atoms with Crippen LogP contribution in [0.5, 0.6) is 0 Å². The van der Waals surface area contributed by atoms with Crippen molar-refractivity contribution in [2.24, 2.45) is 0 Å². The number of unbranched alkanes of at least 4 members (excludes halogenated alkanes) is 1. The number of aromatic nitrogens is 2. The van der Waals surface area contributed by atoms with E-state index in [9.17, 15) is 4.79 Å². The number of carboxylic acids is 1.